The number of carbonyl (C=O) groups is 1. The van der Waals surface area contributed by atoms with Gasteiger partial charge in [-0.1, -0.05) is 6.08 Å². The van der Waals surface area contributed by atoms with Crippen molar-refractivity contribution < 1.29 is 18.7 Å². The second kappa shape index (κ2) is 3.27. The molecule has 2 aromatic rings. The fourth-order valence-electron chi connectivity index (χ4n) is 1.52. The van der Waals surface area contributed by atoms with Gasteiger partial charge in [-0.15, -0.1) is 6.58 Å². The van der Waals surface area contributed by atoms with Gasteiger partial charge in [-0.2, -0.15) is 4.39 Å². The molecule has 0 aromatic carbocycles. The van der Waals surface area contributed by atoms with Crippen molar-refractivity contribution in [3.05, 3.63) is 36.0 Å². The second-order valence-corrected chi connectivity index (χ2v) is 3.07. The van der Waals surface area contributed by atoms with Crippen LogP contribution in [-0.2, 0) is 6.42 Å². The van der Waals surface area contributed by atoms with E-state index in [1.54, 1.807) is 0 Å². The minimum atomic E-state index is -1.10. The summed E-state index contributed by atoms with van der Waals surface area (Å²) < 4.78 is 17.5. The lowest BCUT2D eigenvalue weighted by atomic mass is 10.1. The number of carboxylic acids is 1. The number of halogens is 1. The van der Waals surface area contributed by atoms with Crippen LogP contribution in [0.3, 0.4) is 0 Å². The molecule has 0 aliphatic rings. The van der Waals surface area contributed by atoms with Crippen LogP contribution in [0, 0.1) is 6.01 Å². The number of hydrogen-bond donors (Lipinski definition) is 2. The number of allylic oxidation sites excluding steroid dienone is 1. The number of fused-ring (bicyclic) bond motifs is 1. The summed E-state index contributed by atoms with van der Waals surface area (Å²) in [6.07, 6.45) is 1.85. The fourth-order valence-corrected chi connectivity index (χ4v) is 1.52. The van der Waals surface area contributed by atoms with E-state index in [-0.39, 0.29) is 11.3 Å². The molecule has 2 N–H and O–H groups in total. The van der Waals surface area contributed by atoms with Crippen molar-refractivity contribution in [3.63, 3.8) is 0 Å². The number of nitrogens with one attached hydrogen (secondary N) is 1. The van der Waals surface area contributed by atoms with Gasteiger partial charge in [0.15, 0.2) is 5.58 Å². The third kappa shape index (κ3) is 1.41. The summed E-state index contributed by atoms with van der Waals surface area (Å²) in [5, 5.41) is 8.88. The minimum Gasteiger partial charge on any atom is -0.477 e. The molecule has 0 atom stereocenters. The first-order valence-electron chi connectivity index (χ1n) is 4.27. The van der Waals surface area contributed by atoms with Gasteiger partial charge in [0.2, 0.25) is 0 Å². The fraction of sp³-hybridized carbons (Fsp3) is 0.100. The zero-order valence-electron chi connectivity index (χ0n) is 7.71. The summed E-state index contributed by atoms with van der Waals surface area (Å²) in [5.74, 6) is -1.10. The lowest BCUT2D eigenvalue weighted by Crippen LogP contribution is -2.00. The molecule has 4 nitrogen and oxygen atoms in total. The Kier molecular flexibility index (Phi) is 2.07. The molecule has 0 saturated carbocycles. The van der Waals surface area contributed by atoms with Gasteiger partial charge in [0, 0.05) is 11.6 Å². The predicted octanol–water partition coefficient (Wildman–Crippen LogP) is 2.33. The standard InChI is InChI=1S/C10H8FNO3/c1-2-3-5-8(10(13)14)12-6-4-7(11)15-9(5)6/h2,4,12H,1,3H2,(H,13,14). The zero-order chi connectivity index (χ0) is 11.0. The number of rotatable bonds is 3. The van der Waals surface area contributed by atoms with E-state index in [4.69, 9.17) is 9.52 Å². The highest BCUT2D eigenvalue weighted by Gasteiger charge is 2.19. The van der Waals surface area contributed by atoms with Crippen LogP contribution in [0.15, 0.2) is 23.1 Å². The van der Waals surface area contributed by atoms with Crippen molar-refractivity contribution in [1.82, 2.24) is 4.98 Å². The summed E-state index contributed by atoms with van der Waals surface area (Å²) in [7, 11) is 0. The summed E-state index contributed by atoms with van der Waals surface area (Å²) >= 11 is 0. The number of H-pyrrole nitrogens is 1. The smallest absolute Gasteiger partial charge is 0.352 e. The van der Waals surface area contributed by atoms with Crippen molar-refractivity contribution >= 4 is 17.1 Å². The summed E-state index contributed by atoms with van der Waals surface area (Å²) in [6.45, 7) is 3.51. The van der Waals surface area contributed by atoms with E-state index in [0.29, 0.717) is 17.5 Å². The minimum absolute atomic E-state index is 0.0173. The number of aromatic carboxylic acids is 1. The Bertz CT molecular complexity index is 538. The van der Waals surface area contributed by atoms with E-state index < -0.39 is 12.0 Å². The van der Waals surface area contributed by atoms with Crippen LogP contribution in [-0.4, -0.2) is 16.1 Å². The molecule has 0 unspecified atom stereocenters. The molecule has 5 heteroatoms. The zero-order valence-corrected chi connectivity index (χ0v) is 7.71. The molecule has 0 amide bonds. The molecule has 15 heavy (non-hydrogen) atoms. The summed E-state index contributed by atoms with van der Waals surface area (Å²) in [5.41, 5.74) is 1.02. The molecule has 0 aliphatic carbocycles. The van der Waals surface area contributed by atoms with Crippen LogP contribution >= 0.6 is 0 Å². The Morgan fingerprint density at radius 1 is 1.73 bits per heavy atom. The van der Waals surface area contributed by atoms with E-state index >= 15 is 0 Å². The number of aromatic amines is 1. The SMILES string of the molecule is C=CCc1c(C(=O)O)[nH]c2cc(F)oc12. The van der Waals surface area contributed by atoms with Gasteiger partial charge in [-0.05, 0) is 6.42 Å². The van der Waals surface area contributed by atoms with Crippen molar-refractivity contribution in [2.45, 2.75) is 6.42 Å². The van der Waals surface area contributed by atoms with Crippen LogP contribution in [0.4, 0.5) is 4.39 Å². The Morgan fingerprint density at radius 2 is 2.47 bits per heavy atom. The van der Waals surface area contributed by atoms with Crippen LogP contribution in [0.2, 0.25) is 0 Å². The normalized spacial score (nSPS) is 10.7. The first-order valence-corrected chi connectivity index (χ1v) is 4.27. The highest BCUT2D eigenvalue weighted by atomic mass is 19.1. The van der Waals surface area contributed by atoms with Crippen LogP contribution in [0.25, 0.3) is 11.1 Å². The third-order valence-corrected chi connectivity index (χ3v) is 2.10. The third-order valence-electron chi connectivity index (χ3n) is 2.10. The second-order valence-electron chi connectivity index (χ2n) is 3.07. The van der Waals surface area contributed by atoms with Gasteiger partial charge < -0.3 is 14.5 Å². The number of aromatic nitrogens is 1. The van der Waals surface area contributed by atoms with Gasteiger partial charge in [0.1, 0.15) is 5.69 Å². The predicted molar refractivity (Wildman–Crippen MR) is 51.4 cm³/mol. The molecule has 0 fully saturated rings. The molecular formula is C10H8FNO3. The maximum atomic E-state index is 12.7. The highest BCUT2D eigenvalue weighted by Crippen LogP contribution is 2.26. The topological polar surface area (TPSA) is 66.2 Å². The van der Waals surface area contributed by atoms with Gasteiger partial charge >= 0.3 is 5.97 Å². The average molecular weight is 209 g/mol. The molecule has 2 rings (SSSR count). The van der Waals surface area contributed by atoms with Crippen molar-refractivity contribution in [2.75, 3.05) is 0 Å². The van der Waals surface area contributed by atoms with Crippen molar-refractivity contribution in [1.29, 1.82) is 0 Å². The Morgan fingerprint density at radius 3 is 3.07 bits per heavy atom. The van der Waals surface area contributed by atoms with Gasteiger partial charge in [-0.25, -0.2) is 4.79 Å². The molecule has 0 saturated heterocycles. The van der Waals surface area contributed by atoms with Gasteiger partial charge in [0.25, 0.3) is 6.01 Å². The van der Waals surface area contributed by atoms with Crippen molar-refractivity contribution in [3.8, 4) is 0 Å². The molecule has 78 valence electrons. The lowest BCUT2D eigenvalue weighted by Gasteiger charge is -1.94. The summed E-state index contributed by atoms with van der Waals surface area (Å²) in [4.78, 5) is 13.4. The molecule has 2 heterocycles. The average Bonchev–Trinajstić information content (AvgIpc) is 2.64. The maximum absolute atomic E-state index is 12.7. The van der Waals surface area contributed by atoms with E-state index in [1.807, 2.05) is 0 Å². The van der Waals surface area contributed by atoms with E-state index in [1.165, 1.54) is 6.08 Å². The summed E-state index contributed by atoms with van der Waals surface area (Å²) in [6, 6.07) is 0.382. The van der Waals surface area contributed by atoms with Crippen LogP contribution in [0.1, 0.15) is 16.1 Å². The highest BCUT2D eigenvalue weighted by molar-refractivity contribution is 5.95. The monoisotopic (exact) mass is 209 g/mol. The van der Waals surface area contributed by atoms with E-state index in [9.17, 15) is 9.18 Å². The number of hydrogen-bond acceptors (Lipinski definition) is 2. The Labute approximate surface area is 84.0 Å². The van der Waals surface area contributed by atoms with E-state index in [0.717, 1.165) is 6.07 Å². The number of furan rings is 1. The molecule has 0 bridgehead atoms. The first-order chi connectivity index (χ1) is 7.13. The van der Waals surface area contributed by atoms with Crippen LogP contribution < -0.4 is 0 Å². The molecular weight excluding hydrogens is 201 g/mol. The molecule has 0 aliphatic heterocycles. The number of carboxylic acid groups (broad SMARTS) is 1. The largest absolute Gasteiger partial charge is 0.477 e. The molecule has 0 radical (unpaired) electrons. The first kappa shape index (κ1) is 9.51. The lowest BCUT2D eigenvalue weighted by molar-refractivity contribution is 0.0690. The van der Waals surface area contributed by atoms with Crippen molar-refractivity contribution in [2.24, 2.45) is 0 Å². The maximum Gasteiger partial charge on any atom is 0.352 e. The Balaban J connectivity index is 2.70. The Hall–Kier alpha value is -2.04. The van der Waals surface area contributed by atoms with Gasteiger partial charge in [0.05, 0.1) is 5.52 Å². The van der Waals surface area contributed by atoms with Crippen LogP contribution in [0.5, 0.6) is 0 Å². The quantitative estimate of drug-likeness (QED) is 0.762. The molecule has 2 aromatic heterocycles. The molecule has 0 spiro atoms. The van der Waals surface area contributed by atoms with Gasteiger partial charge in [-0.3, -0.25) is 0 Å². The van der Waals surface area contributed by atoms with E-state index in [2.05, 4.69) is 11.6 Å².